The number of piperidine rings is 1. The summed E-state index contributed by atoms with van der Waals surface area (Å²) < 4.78 is 17.3. The van der Waals surface area contributed by atoms with E-state index in [2.05, 4.69) is 10.5 Å². The molecule has 2 heterocycles. The molecule has 3 aromatic carbocycles. The molecule has 6 nitrogen and oxygen atoms in total. The Morgan fingerprint density at radius 3 is 2.49 bits per heavy atom. The number of phenolic OH excluding ortho intramolecular Hbond substituents is 1. The summed E-state index contributed by atoms with van der Waals surface area (Å²) >= 11 is 0. The van der Waals surface area contributed by atoms with E-state index in [0.29, 0.717) is 18.4 Å². The van der Waals surface area contributed by atoms with Crippen LogP contribution in [0.2, 0.25) is 0 Å². The molecule has 1 atom stereocenters. The predicted molar refractivity (Wildman–Crippen MR) is 137 cm³/mol. The maximum absolute atomic E-state index is 9.76. The minimum atomic E-state index is 0.202. The lowest BCUT2D eigenvalue weighted by Gasteiger charge is -2.23. The van der Waals surface area contributed by atoms with Crippen molar-refractivity contribution in [3.8, 4) is 51.0 Å². The third-order valence-electron chi connectivity index (χ3n) is 6.46. The van der Waals surface area contributed by atoms with Crippen LogP contribution in [-0.4, -0.2) is 36.6 Å². The smallest absolute Gasteiger partial charge is 0.175 e. The van der Waals surface area contributed by atoms with Crippen molar-refractivity contribution in [2.75, 3.05) is 20.3 Å². The second-order valence-electron chi connectivity index (χ2n) is 8.82. The number of hydrogen-bond acceptors (Lipinski definition) is 6. The van der Waals surface area contributed by atoms with Crippen LogP contribution in [0.4, 0.5) is 0 Å². The second-order valence-corrected chi connectivity index (χ2v) is 8.82. The highest BCUT2D eigenvalue weighted by atomic mass is 16.5. The number of methoxy groups -OCH3 is 1. The first-order valence-electron chi connectivity index (χ1n) is 12.1. The molecule has 1 saturated heterocycles. The van der Waals surface area contributed by atoms with Gasteiger partial charge < -0.3 is 24.4 Å². The molecule has 1 unspecified atom stereocenters. The Morgan fingerprint density at radius 2 is 1.74 bits per heavy atom. The molecule has 6 heteroatoms. The molecule has 0 spiro atoms. The van der Waals surface area contributed by atoms with E-state index in [1.807, 2.05) is 60.7 Å². The van der Waals surface area contributed by atoms with Crippen LogP contribution in [0.3, 0.4) is 0 Å². The highest BCUT2D eigenvalue weighted by molar-refractivity contribution is 5.90. The van der Waals surface area contributed by atoms with Gasteiger partial charge in [0.05, 0.1) is 19.3 Å². The van der Waals surface area contributed by atoms with Crippen molar-refractivity contribution >= 4 is 0 Å². The number of ether oxygens (including phenoxy) is 2. The van der Waals surface area contributed by atoms with Crippen LogP contribution in [0.1, 0.15) is 25.7 Å². The molecular weight excluding hydrogens is 440 g/mol. The number of aromatic nitrogens is 1. The van der Waals surface area contributed by atoms with Gasteiger partial charge >= 0.3 is 0 Å². The van der Waals surface area contributed by atoms with Crippen molar-refractivity contribution in [1.29, 1.82) is 0 Å². The molecule has 1 aromatic heterocycles. The lowest BCUT2D eigenvalue weighted by atomic mass is 9.96. The van der Waals surface area contributed by atoms with E-state index < -0.39 is 0 Å². The zero-order valence-electron chi connectivity index (χ0n) is 19.9. The van der Waals surface area contributed by atoms with Gasteiger partial charge in [-0.15, -0.1) is 0 Å². The summed E-state index contributed by atoms with van der Waals surface area (Å²) in [5, 5.41) is 17.8. The van der Waals surface area contributed by atoms with Gasteiger partial charge in [-0.3, -0.25) is 0 Å². The van der Waals surface area contributed by atoms with Crippen molar-refractivity contribution in [1.82, 2.24) is 10.5 Å². The Balaban J connectivity index is 1.47. The molecule has 0 amide bonds. The normalized spacial score (nSPS) is 15.6. The van der Waals surface area contributed by atoms with Crippen molar-refractivity contribution < 1.29 is 19.1 Å². The number of hydrogen-bond donors (Lipinski definition) is 2. The first-order valence-corrected chi connectivity index (χ1v) is 12.1. The van der Waals surface area contributed by atoms with Crippen LogP contribution < -0.4 is 14.8 Å². The third kappa shape index (κ3) is 5.33. The SMILES string of the molecule is COc1ccc(-c2noc(-c3ccc(O)cc3)c2-c2cccc(OCCC3CCCCN3)c2)cc1. The van der Waals surface area contributed by atoms with Crippen LogP contribution in [-0.2, 0) is 0 Å². The molecule has 2 N–H and O–H groups in total. The van der Waals surface area contributed by atoms with Crippen LogP contribution >= 0.6 is 0 Å². The summed E-state index contributed by atoms with van der Waals surface area (Å²) in [5.74, 6) is 2.43. The average molecular weight is 471 g/mol. The molecule has 35 heavy (non-hydrogen) atoms. The number of phenols is 1. The zero-order valence-corrected chi connectivity index (χ0v) is 19.9. The molecule has 4 aromatic rings. The van der Waals surface area contributed by atoms with Gasteiger partial charge in [0.15, 0.2) is 5.76 Å². The van der Waals surface area contributed by atoms with Gasteiger partial charge in [0.1, 0.15) is 22.9 Å². The molecule has 0 bridgehead atoms. The van der Waals surface area contributed by atoms with Crippen molar-refractivity contribution in [2.45, 2.75) is 31.7 Å². The van der Waals surface area contributed by atoms with Crippen LogP contribution in [0, 0.1) is 0 Å². The Bertz CT molecular complexity index is 1240. The lowest BCUT2D eigenvalue weighted by Crippen LogP contribution is -2.35. The maximum Gasteiger partial charge on any atom is 0.175 e. The number of rotatable bonds is 8. The summed E-state index contributed by atoms with van der Waals surface area (Å²) in [5.41, 5.74) is 4.32. The standard InChI is InChI=1S/C29H30N2O4/c1-33-25-14-10-20(11-15-25)28-27(29(35-31-28)21-8-12-24(32)13-9-21)22-5-4-7-26(19-22)34-18-16-23-6-2-3-17-30-23/h4-5,7-15,19,23,30,32H,2-3,6,16-18H2,1H3. The number of aromatic hydroxyl groups is 1. The average Bonchev–Trinajstić information content (AvgIpc) is 3.35. The Kier molecular flexibility index (Phi) is 7.00. The third-order valence-corrected chi connectivity index (χ3v) is 6.46. The molecule has 0 saturated carbocycles. The van der Waals surface area contributed by atoms with E-state index in [1.54, 1.807) is 19.2 Å². The monoisotopic (exact) mass is 470 g/mol. The van der Waals surface area contributed by atoms with Gasteiger partial charge in [-0.25, -0.2) is 0 Å². The molecule has 0 aliphatic carbocycles. The Morgan fingerprint density at radius 1 is 0.943 bits per heavy atom. The Hall–Kier alpha value is -3.77. The van der Waals surface area contributed by atoms with E-state index in [0.717, 1.165) is 52.4 Å². The van der Waals surface area contributed by atoms with E-state index in [1.165, 1.54) is 19.3 Å². The molecule has 0 radical (unpaired) electrons. The molecule has 1 fully saturated rings. The quantitative estimate of drug-likeness (QED) is 0.315. The van der Waals surface area contributed by atoms with Gasteiger partial charge in [-0.05, 0) is 92.0 Å². The first-order chi connectivity index (χ1) is 17.2. The first kappa shape index (κ1) is 23.0. The van der Waals surface area contributed by atoms with Crippen molar-refractivity contribution in [3.05, 3.63) is 72.8 Å². The lowest BCUT2D eigenvalue weighted by molar-refractivity contribution is 0.268. The summed E-state index contributed by atoms with van der Waals surface area (Å²) in [6.07, 6.45) is 4.76. The van der Waals surface area contributed by atoms with Gasteiger partial charge in [0.25, 0.3) is 0 Å². The minimum Gasteiger partial charge on any atom is -0.508 e. The number of nitrogens with one attached hydrogen (secondary N) is 1. The van der Waals surface area contributed by atoms with E-state index >= 15 is 0 Å². The fourth-order valence-electron chi connectivity index (χ4n) is 4.54. The van der Waals surface area contributed by atoms with Crippen LogP contribution in [0.25, 0.3) is 33.7 Å². The highest BCUT2D eigenvalue weighted by Crippen LogP contribution is 2.41. The highest BCUT2D eigenvalue weighted by Gasteiger charge is 2.21. The number of benzene rings is 3. The largest absolute Gasteiger partial charge is 0.508 e. The fraction of sp³-hybridized carbons (Fsp3) is 0.276. The summed E-state index contributed by atoms with van der Waals surface area (Å²) in [7, 11) is 1.65. The molecular formula is C29H30N2O4. The van der Waals surface area contributed by atoms with Crippen molar-refractivity contribution in [3.63, 3.8) is 0 Å². The summed E-state index contributed by atoms with van der Waals surface area (Å²) in [6.45, 7) is 1.77. The maximum atomic E-state index is 9.76. The second kappa shape index (κ2) is 10.7. The molecule has 5 rings (SSSR count). The fourth-order valence-corrected chi connectivity index (χ4v) is 4.54. The Labute approximate surface area is 205 Å². The van der Waals surface area contributed by atoms with Crippen LogP contribution in [0.5, 0.6) is 17.2 Å². The van der Waals surface area contributed by atoms with Gasteiger partial charge in [0, 0.05) is 17.2 Å². The topological polar surface area (TPSA) is 76.8 Å². The summed E-state index contributed by atoms with van der Waals surface area (Å²) in [6, 6.07) is 23.3. The van der Waals surface area contributed by atoms with Crippen LogP contribution in [0.15, 0.2) is 77.3 Å². The van der Waals surface area contributed by atoms with Gasteiger partial charge in [-0.2, -0.15) is 0 Å². The van der Waals surface area contributed by atoms with E-state index in [4.69, 9.17) is 14.0 Å². The molecule has 1 aliphatic rings. The van der Waals surface area contributed by atoms with E-state index in [9.17, 15) is 5.11 Å². The van der Waals surface area contributed by atoms with Gasteiger partial charge in [-0.1, -0.05) is 23.7 Å². The molecule has 180 valence electrons. The zero-order chi connectivity index (χ0) is 24.0. The van der Waals surface area contributed by atoms with E-state index in [-0.39, 0.29) is 5.75 Å². The van der Waals surface area contributed by atoms with Gasteiger partial charge in [0.2, 0.25) is 0 Å². The summed E-state index contributed by atoms with van der Waals surface area (Å²) in [4.78, 5) is 0. The number of nitrogens with zero attached hydrogens (tertiary/aromatic N) is 1. The minimum absolute atomic E-state index is 0.202. The molecule has 1 aliphatic heterocycles. The predicted octanol–water partition coefficient (Wildman–Crippen LogP) is 6.30. The van der Waals surface area contributed by atoms with Crippen molar-refractivity contribution in [2.24, 2.45) is 0 Å².